The van der Waals surface area contributed by atoms with E-state index in [1.807, 2.05) is 0 Å². The molecule has 0 radical (unpaired) electrons. The highest BCUT2D eigenvalue weighted by Crippen LogP contribution is 2.16. The molecule has 0 bridgehead atoms. The zero-order valence-electron chi connectivity index (χ0n) is 10.5. The molecule has 6 heteroatoms. The van der Waals surface area contributed by atoms with Gasteiger partial charge in [-0.25, -0.2) is 4.79 Å². The molecule has 0 saturated carbocycles. The molecule has 92 valence electrons. The Morgan fingerprint density at radius 1 is 1.25 bits per heavy atom. The summed E-state index contributed by atoms with van der Waals surface area (Å²) in [4.78, 5) is 11.5. The van der Waals surface area contributed by atoms with Crippen LogP contribution in [0.5, 0.6) is 0 Å². The van der Waals surface area contributed by atoms with Gasteiger partial charge in [-0.15, -0.1) is 6.58 Å². The number of nitrogens with one attached hydrogen (secondary N) is 1. The minimum absolute atomic E-state index is 0.0957. The van der Waals surface area contributed by atoms with Crippen LogP contribution in [0.15, 0.2) is 12.1 Å². The van der Waals surface area contributed by atoms with Crippen LogP contribution in [0, 0.1) is 0 Å². The molecule has 1 amide bonds. The number of hydrogen-bond acceptors (Lipinski definition) is 4. The molecule has 0 saturated heterocycles. The number of carbonyl (C=O) groups is 1. The van der Waals surface area contributed by atoms with E-state index in [9.17, 15) is 4.79 Å². The van der Waals surface area contributed by atoms with E-state index >= 15 is 0 Å². The van der Waals surface area contributed by atoms with Gasteiger partial charge >= 0.3 is 13.2 Å². The van der Waals surface area contributed by atoms with Gasteiger partial charge < -0.3 is 20.1 Å². The van der Waals surface area contributed by atoms with Crippen molar-refractivity contribution < 1.29 is 19.6 Å². The molecule has 0 atom stereocenters. The molecule has 0 unspecified atom stereocenters. The average Bonchev–Trinajstić information content (AvgIpc) is 1.97. The van der Waals surface area contributed by atoms with Crippen molar-refractivity contribution in [1.29, 1.82) is 0 Å². The van der Waals surface area contributed by atoms with Crippen LogP contribution in [0.2, 0.25) is 0 Å². The Kier molecular flexibility index (Phi) is 4.58. The Morgan fingerprint density at radius 2 is 1.69 bits per heavy atom. The van der Waals surface area contributed by atoms with Crippen molar-refractivity contribution in [3.05, 3.63) is 12.1 Å². The summed E-state index contributed by atoms with van der Waals surface area (Å²) in [5, 5.41) is 20.4. The summed E-state index contributed by atoms with van der Waals surface area (Å²) in [6.45, 7) is 12.0. The summed E-state index contributed by atoms with van der Waals surface area (Å²) < 4.78 is 5.05. The molecular weight excluding hydrogens is 209 g/mol. The predicted molar refractivity (Wildman–Crippen MR) is 62.8 cm³/mol. The summed E-state index contributed by atoms with van der Waals surface area (Å²) >= 11 is 0. The molecule has 0 fully saturated rings. The maximum absolute atomic E-state index is 11.5. The van der Waals surface area contributed by atoms with Crippen LogP contribution >= 0.6 is 0 Å². The Morgan fingerprint density at radius 3 is 2.00 bits per heavy atom. The Balaban J connectivity index is 4.49. The van der Waals surface area contributed by atoms with E-state index in [4.69, 9.17) is 14.8 Å². The van der Waals surface area contributed by atoms with E-state index < -0.39 is 24.4 Å². The molecule has 0 aromatic carbocycles. The van der Waals surface area contributed by atoms with Gasteiger partial charge in [-0.05, 0) is 40.1 Å². The van der Waals surface area contributed by atoms with Gasteiger partial charge in [0.15, 0.2) is 0 Å². The van der Waals surface area contributed by atoms with E-state index in [1.54, 1.807) is 34.6 Å². The van der Waals surface area contributed by atoms with Gasteiger partial charge in [-0.1, -0.05) is 0 Å². The number of hydrogen-bond donors (Lipinski definition) is 3. The first-order chi connectivity index (χ1) is 6.96. The quantitative estimate of drug-likeness (QED) is 0.627. The van der Waals surface area contributed by atoms with Crippen LogP contribution in [0.25, 0.3) is 0 Å². The van der Waals surface area contributed by atoms with Gasteiger partial charge in [-0.3, -0.25) is 0 Å². The third-order valence-corrected chi connectivity index (χ3v) is 1.93. The summed E-state index contributed by atoms with van der Waals surface area (Å²) in [5.74, 6) is 0. The first-order valence-electron chi connectivity index (χ1n) is 5.02. The summed E-state index contributed by atoms with van der Waals surface area (Å²) in [6.07, 6.45) is -0.626. The molecule has 0 spiro atoms. The first kappa shape index (κ1) is 15.0. The van der Waals surface area contributed by atoms with E-state index in [1.165, 1.54) is 0 Å². The summed E-state index contributed by atoms with van der Waals surface area (Å²) in [7, 11) is -1.68. The number of carbonyl (C=O) groups excluding carboxylic acids is 1. The smallest absolute Gasteiger partial charge is 0.444 e. The molecule has 0 aromatic rings. The van der Waals surface area contributed by atoms with Gasteiger partial charge in [0.1, 0.15) is 5.60 Å². The number of alkyl carbamates (subject to hydrolysis) is 1. The monoisotopic (exact) mass is 229 g/mol. The van der Waals surface area contributed by atoms with Gasteiger partial charge in [-0.2, -0.15) is 0 Å². The molecule has 0 aromatic heterocycles. The predicted octanol–water partition coefficient (Wildman–Crippen LogP) is 0.858. The second kappa shape index (κ2) is 4.89. The lowest BCUT2D eigenvalue weighted by Crippen LogP contribution is -2.50. The first-order valence-corrected chi connectivity index (χ1v) is 5.02. The maximum Gasteiger partial charge on any atom is 0.485 e. The lowest BCUT2D eigenvalue weighted by atomic mass is 9.70. The van der Waals surface area contributed by atoms with E-state index in [0.29, 0.717) is 0 Å². The van der Waals surface area contributed by atoms with Crippen molar-refractivity contribution in [2.45, 2.75) is 45.8 Å². The molecule has 3 N–H and O–H groups in total. The molecule has 0 aliphatic heterocycles. The fraction of sp³-hybridized carbons (Fsp3) is 0.700. The lowest BCUT2D eigenvalue weighted by Gasteiger charge is -2.30. The summed E-state index contributed by atoms with van der Waals surface area (Å²) in [5.41, 5.74) is -1.45. The van der Waals surface area contributed by atoms with Crippen molar-refractivity contribution in [3.63, 3.8) is 0 Å². The third-order valence-electron chi connectivity index (χ3n) is 1.93. The number of rotatable bonds is 3. The van der Waals surface area contributed by atoms with Crippen LogP contribution in [0.3, 0.4) is 0 Å². The van der Waals surface area contributed by atoms with Gasteiger partial charge in [0, 0.05) is 0 Å². The van der Waals surface area contributed by atoms with Crippen molar-refractivity contribution in [2.24, 2.45) is 0 Å². The maximum atomic E-state index is 11.5. The van der Waals surface area contributed by atoms with Gasteiger partial charge in [0.25, 0.3) is 0 Å². The van der Waals surface area contributed by atoms with Crippen molar-refractivity contribution in [3.8, 4) is 0 Å². The van der Waals surface area contributed by atoms with Crippen molar-refractivity contribution in [1.82, 2.24) is 5.32 Å². The minimum Gasteiger partial charge on any atom is -0.444 e. The Labute approximate surface area is 96.6 Å². The topological polar surface area (TPSA) is 78.8 Å². The molecule has 0 heterocycles. The fourth-order valence-electron chi connectivity index (χ4n) is 0.962. The third kappa shape index (κ3) is 5.18. The minimum atomic E-state index is -1.68. The van der Waals surface area contributed by atoms with Crippen LogP contribution in [0.1, 0.15) is 34.6 Å². The highest BCUT2D eigenvalue weighted by molar-refractivity contribution is 6.51. The van der Waals surface area contributed by atoms with Crippen LogP contribution < -0.4 is 5.32 Å². The second-order valence-corrected chi connectivity index (χ2v) is 5.15. The van der Waals surface area contributed by atoms with Gasteiger partial charge in [0.05, 0.1) is 5.54 Å². The largest absolute Gasteiger partial charge is 0.485 e. The zero-order valence-corrected chi connectivity index (χ0v) is 10.5. The zero-order chi connectivity index (χ0) is 13.1. The van der Waals surface area contributed by atoms with Crippen LogP contribution in [0.4, 0.5) is 4.79 Å². The molecule has 5 nitrogen and oxygen atoms in total. The Hall–Kier alpha value is -1.01. The molecule has 0 aliphatic carbocycles. The van der Waals surface area contributed by atoms with Crippen molar-refractivity contribution >= 4 is 13.2 Å². The van der Waals surface area contributed by atoms with Gasteiger partial charge in [0.2, 0.25) is 0 Å². The molecule has 16 heavy (non-hydrogen) atoms. The highest BCUT2D eigenvalue weighted by Gasteiger charge is 2.32. The van der Waals surface area contributed by atoms with E-state index in [-0.39, 0.29) is 5.47 Å². The SMILES string of the molecule is C=C(B(O)O)C(C)(C)NC(=O)OC(C)(C)C. The lowest BCUT2D eigenvalue weighted by molar-refractivity contribution is 0.0488. The van der Waals surface area contributed by atoms with E-state index in [2.05, 4.69) is 11.9 Å². The number of ether oxygens (including phenoxy) is 1. The van der Waals surface area contributed by atoms with Crippen LogP contribution in [-0.4, -0.2) is 34.4 Å². The highest BCUT2D eigenvalue weighted by atomic mass is 16.6. The number of amides is 1. The van der Waals surface area contributed by atoms with E-state index in [0.717, 1.165) is 0 Å². The van der Waals surface area contributed by atoms with Crippen LogP contribution in [-0.2, 0) is 4.74 Å². The molecule has 0 aliphatic rings. The molecule has 0 rings (SSSR count). The second-order valence-electron chi connectivity index (χ2n) is 5.15. The normalized spacial score (nSPS) is 11.9. The van der Waals surface area contributed by atoms with Crippen molar-refractivity contribution in [2.75, 3.05) is 0 Å². The fourth-order valence-corrected chi connectivity index (χ4v) is 0.962. The summed E-state index contributed by atoms with van der Waals surface area (Å²) in [6, 6.07) is 0. The standard InChI is InChI=1S/C10H20BNO4/c1-7(11(14)15)10(5,6)12-8(13)16-9(2,3)4/h14-15H,1H2,2-6H3,(H,12,13). The molecular formula is C10H20BNO4. The average molecular weight is 229 g/mol. The Bertz CT molecular complexity index is 281.